The molecule has 1 aliphatic heterocycles. The lowest BCUT2D eigenvalue weighted by atomic mass is 10.0. The van der Waals surface area contributed by atoms with Crippen LogP contribution in [0.25, 0.3) is 10.9 Å². The predicted molar refractivity (Wildman–Crippen MR) is 145 cm³/mol. The highest BCUT2D eigenvalue weighted by molar-refractivity contribution is 5.79. The smallest absolute Gasteiger partial charge is 0.173 e. The van der Waals surface area contributed by atoms with Crippen LogP contribution in [0.1, 0.15) is 28.6 Å². The van der Waals surface area contributed by atoms with Gasteiger partial charge in [0.1, 0.15) is 0 Å². The second-order valence-electron chi connectivity index (χ2n) is 9.65. The van der Waals surface area contributed by atoms with Crippen molar-refractivity contribution < 1.29 is 0 Å². The predicted octanol–water partition coefficient (Wildman–Crippen LogP) is 4.37. The van der Waals surface area contributed by atoms with Crippen molar-refractivity contribution >= 4 is 10.9 Å². The van der Waals surface area contributed by atoms with Gasteiger partial charge in [0.05, 0.1) is 11.6 Å². The molecule has 3 heterocycles. The number of pyridine rings is 1. The van der Waals surface area contributed by atoms with E-state index in [2.05, 4.69) is 109 Å². The molecule has 0 amide bonds. The third-order valence-electron chi connectivity index (χ3n) is 7.22. The van der Waals surface area contributed by atoms with Crippen LogP contribution in [-0.2, 0) is 19.5 Å². The number of benzene rings is 3. The van der Waals surface area contributed by atoms with Crippen LogP contribution in [0, 0.1) is 0 Å². The van der Waals surface area contributed by atoms with Crippen molar-refractivity contribution in [3.63, 3.8) is 0 Å². The number of fused-ring (bicyclic) bond motifs is 1. The Morgan fingerprint density at radius 2 is 1.51 bits per heavy atom. The van der Waals surface area contributed by atoms with Crippen molar-refractivity contribution in [1.29, 1.82) is 0 Å². The topological polar surface area (TPSA) is 63.0 Å². The van der Waals surface area contributed by atoms with Crippen LogP contribution in [0.4, 0.5) is 0 Å². The van der Waals surface area contributed by atoms with Gasteiger partial charge in [-0.1, -0.05) is 72.8 Å². The van der Waals surface area contributed by atoms with Gasteiger partial charge < -0.3 is 0 Å². The molecule has 1 saturated heterocycles. The summed E-state index contributed by atoms with van der Waals surface area (Å²) < 4.78 is 1.99. The fraction of sp³-hybridized carbons (Fsp3) is 0.267. The maximum Gasteiger partial charge on any atom is 0.173 e. The zero-order valence-corrected chi connectivity index (χ0v) is 20.9. The quantitative estimate of drug-likeness (QED) is 0.323. The summed E-state index contributed by atoms with van der Waals surface area (Å²) in [6.45, 7) is 5.64. The van der Waals surface area contributed by atoms with Gasteiger partial charge in [0.15, 0.2) is 5.82 Å². The van der Waals surface area contributed by atoms with Gasteiger partial charge in [-0.2, -0.15) is 0 Å². The van der Waals surface area contributed by atoms with Gasteiger partial charge in [-0.15, -0.1) is 5.10 Å². The first-order chi connectivity index (χ1) is 18.3. The van der Waals surface area contributed by atoms with E-state index in [1.807, 2.05) is 23.0 Å². The maximum absolute atomic E-state index is 4.58. The van der Waals surface area contributed by atoms with Crippen molar-refractivity contribution in [1.82, 2.24) is 35.0 Å². The van der Waals surface area contributed by atoms with E-state index >= 15 is 0 Å². The Kier molecular flexibility index (Phi) is 6.97. The molecule has 7 heteroatoms. The van der Waals surface area contributed by atoms with Crippen LogP contribution in [-0.4, -0.2) is 61.2 Å². The summed E-state index contributed by atoms with van der Waals surface area (Å²) in [7, 11) is 0. The van der Waals surface area contributed by atoms with Gasteiger partial charge in [0.2, 0.25) is 0 Å². The van der Waals surface area contributed by atoms with Gasteiger partial charge in [-0.3, -0.25) is 14.8 Å². The number of aromatic nitrogens is 5. The van der Waals surface area contributed by atoms with E-state index in [-0.39, 0.29) is 6.04 Å². The van der Waals surface area contributed by atoms with Gasteiger partial charge in [0.25, 0.3) is 0 Å². The maximum atomic E-state index is 4.58. The summed E-state index contributed by atoms with van der Waals surface area (Å²) in [6.07, 6.45) is 2.73. The molecule has 186 valence electrons. The van der Waals surface area contributed by atoms with Gasteiger partial charge in [0, 0.05) is 50.9 Å². The molecule has 2 aromatic heterocycles. The summed E-state index contributed by atoms with van der Waals surface area (Å²) in [5, 5.41) is 14.2. The molecular weight excluding hydrogens is 458 g/mol. The molecule has 7 nitrogen and oxygen atoms in total. The Bertz CT molecular complexity index is 1430. The largest absolute Gasteiger partial charge is 0.297 e. The van der Waals surface area contributed by atoms with E-state index < -0.39 is 0 Å². The second-order valence-corrected chi connectivity index (χ2v) is 9.65. The standard InChI is InChI=1S/C30H31N7/c1-3-8-24(9-4-1)15-17-37-30(32-33-34-37)29(27-13-14-28-26(22-27)12-7-16-31-28)36-20-18-35(19-21-36)23-25-10-5-2-6-11-25/h1-14,16,22,29H,15,17-21,23H2/t29-/m0/s1. The monoisotopic (exact) mass is 489 g/mol. The minimum absolute atomic E-state index is 0.0192. The first-order valence-electron chi connectivity index (χ1n) is 13.0. The molecule has 1 atom stereocenters. The lowest BCUT2D eigenvalue weighted by molar-refractivity contribution is 0.100. The molecule has 0 N–H and O–H groups in total. The van der Waals surface area contributed by atoms with Gasteiger partial charge in [-0.25, -0.2) is 4.68 Å². The van der Waals surface area contributed by atoms with E-state index in [1.54, 1.807) is 0 Å². The summed E-state index contributed by atoms with van der Waals surface area (Å²) in [5.74, 6) is 0.899. The van der Waals surface area contributed by atoms with E-state index in [9.17, 15) is 0 Å². The first kappa shape index (κ1) is 23.5. The average molecular weight is 490 g/mol. The molecule has 6 rings (SSSR count). The lowest BCUT2D eigenvalue weighted by Crippen LogP contribution is -2.48. The molecule has 5 aromatic rings. The number of aryl methyl sites for hydroxylation is 2. The highest BCUT2D eigenvalue weighted by Gasteiger charge is 2.30. The van der Waals surface area contributed by atoms with E-state index in [4.69, 9.17) is 0 Å². The molecule has 3 aromatic carbocycles. The Morgan fingerprint density at radius 1 is 0.757 bits per heavy atom. The van der Waals surface area contributed by atoms with E-state index in [0.29, 0.717) is 0 Å². The molecule has 1 fully saturated rings. The van der Waals surface area contributed by atoms with Crippen LogP contribution in [0.5, 0.6) is 0 Å². The summed E-state index contributed by atoms with van der Waals surface area (Å²) in [4.78, 5) is 9.59. The zero-order chi connectivity index (χ0) is 24.9. The van der Waals surface area contributed by atoms with Gasteiger partial charge >= 0.3 is 0 Å². The normalized spacial score (nSPS) is 15.7. The van der Waals surface area contributed by atoms with Crippen molar-refractivity contribution in [2.45, 2.75) is 25.6 Å². The average Bonchev–Trinajstić information content (AvgIpc) is 3.42. The Balaban J connectivity index is 1.27. The van der Waals surface area contributed by atoms with Crippen LogP contribution in [0.15, 0.2) is 97.2 Å². The molecule has 0 saturated carbocycles. The van der Waals surface area contributed by atoms with Gasteiger partial charge in [-0.05, 0) is 51.7 Å². The Labute approximate surface area is 217 Å². The van der Waals surface area contributed by atoms with Crippen molar-refractivity contribution in [3.05, 3.63) is 120 Å². The Morgan fingerprint density at radius 3 is 2.30 bits per heavy atom. The zero-order valence-electron chi connectivity index (χ0n) is 20.9. The molecular formula is C30H31N7. The number of nitrogens with zero attached hydrogens (tertiary/aromatic N) is 7. The third kappa shape index (κ3) is 5.43. The van der Waals surface area contributed by atoms with Crippen LogP contribution < -0.4 is 0 Å². The lowest BCUT2D eigenvalue weighted by Gasteiger charge is -2.39. The molecule has 37 heavy (non-hydrogen) atoms. The molecule has 0 bridgehead atoms. The summed E-state index contributed by atoms with van der Waals surface area (Å²) in [5.41, 5.74) is 4.85. The highest BCUT2D eigenvalue weighted by atomic mass is 15.6. The fourth-order valence-corrected chi connectivity index (χ4v) is 5.25. The second kappa shape index (κ2) is 11.0. The van der Waals surface area contributed by atoms with E-state index in [0.717, 1.165) is 62.4 Å². The van der Waals surface area contributed by atoms with Crippen molar-refractivity contribution in [2.24, 2.45) is 0 Å². The minimum atomic E-state index is -0.0192. The van der Waals surface area contributed by atoms with Crippen LogP contribution in [0.3, 0.4) is 0 Å². The first-order valence-corrected chi connectivity index (χ1v) is 13.0. The third-order valence-corrected chi connectivity index (χ3v) is 7.22. The number of hydrogen-bond acceptors (Lipinski definition) is 6. The molecule has 0 spiro atoms. The minimum Gasteiger partial charge on any atom is -0.297 e. The molecule has 1 aliphatic rings. The van der Waals surface area contributed by atoms with Crippen LogP contribution in [0.2, 0.25) is 0 Å². The SMILES string of the molecule is c1ccc(CCn2nnnc2[C@H](c2ccc3ncccc3c2)N2CCN(Cc3ccccc3)CC2)cc1. The number of rotatable bonds is 8. The molecule has 0 radical (unpaired) electrons. The molecule has 0 aliphatic carbocycles. The Hall–Kier alpha value is -3.94. The number of tetrazole rings is 1. The molecule has 0 unspecified atom stereocenters. The number of hydrogen-bond donors (Lipinski definition) is 0. The van der Waals surface area contributed by atoms with Crippen molar-refractivity contribution in [3.8, 4) is 0 Å². The fourth-order valence-electron chi connectivity index (χ4n) is 5.25. The van der Waals surface area contributed by atoms with Crippen LogP contribution >= 0.6 is 0 Å². The van der Waals surface area contributed by atoms with E-state index in [1.165, 1.54) is 16.7 Å². The highest BCUT2D eigenvalue weighted by Crippen LogP contribution is 2.30. The summed E-state index contributed by atoms with van der Waals surface area (Å²) >= 11 is 0. The number of piperazine rings is 1. The summed E-state index contributed by atoms with van der Waals surface area (Å²) in [6, 6.07) is 31.9. The van der Waals surface area contributed by atoms with Crippen molar-refractivity contribution in [2.75, 3.05) is 26.2 Å².